The third-order valence-corrected chi connectivity index (χ3v) is 7.87. The van der Waals surface area contributed by atoms with Crippen LogP contribution in [0.2, 0.25) is 10.0 Å². The molecule has 0 spiro atoms. The summed E-state index contributed by atoms with van der Waals surface area (Å²) in [7, 11) is 2.13. The highest BCUT2D eigenvalue weighted by atomic mass is 35.5. The zero-order valence-electron chi connectivity index (χ0n) is 22.6. The van der Waals surface area contributed by atoms with E-state index in [1.165, 1.54) is 0 Å². The molecule has 11 heteroatoms. The molecule has 2 aliphatic rings. The first kappa shape index (κ1) is 28.5. The second-order valence-electron chi connectivity index (χ2n) is 10.6. The average molecular weight is 586 g/mol. The number of benzene rings is 1. The third kappa shape index (κ3) is 7.81. The lowest BCUT2D eigenvalue weighted by Crippen LogP contribution is -2.33. The predicted octanol–water partition coefficient (Wildman–Crippen LogP) is 5.47. The molecule has 5 rings (SSSR count). The number of anilines is 1. The molecule has 4 heterocycles. The van der Waals surface area contributed by atoms with Crippen molar-refractivity contribution >= 4 is 35.1 Å². The van der Waals surface area contributed by atoms with E-state index >= 15 is 0 Å². The third-order valence-electron chi connectivity index (χ3n) is 7.44. The minimum absolute atomic E-state index is 0.229. The van der Waals surface area contributed by atoms with Gasteiger partial charge in [0.1, 0.15) is 0 Å². The molecule has 0 atom stereocenters. The summed E-state index contributed by atoms with van der Waals surface area (Å²) in [6.07, 6.45) is 6.42. The monoisotopic (exact) mass is 584 g/mol. The molecule has 0 aliphatic carbocycles. The van der Waals surface area contributed by atoms with Crippen LogP contribution >= 0.6 is 23.2 Å². The Hall–Kier alpha value is -2.98. The number of piperidine rings is 1. The van der Waals surface area contributed by atoms with Gasteiger partial charge in [-0.3, -0.25) is 9.69 Å². The SMILES string of the molecule is CN1CCCN(c2ncc(Oc3cc(CN4CCC(CC(=O)O)CC4)cc(-c4cc(Cl)cc(Cl)c4)n3)cn2)CC1. The van der Waals surface area contributed by atoms with Crippen LogP contribution in [0.3, 0.4) is 0 Å². The van der Waals surface area contributed by atoms with Gasteiger partial charge in [0.05, 0.1) is 18.1 Å². The van der Waals surface area contributed by atoms with E-state index < -0.39 is 5.97 Å². The molecule has 1 aromatic carbocycles. The first-order chi connectivity index (χ1) is 19.3. The van der Waals surface area contributed by atoms with Crippen molar-refractivity contribution < 1.29 is 14.6 Å². The predicted molar refractivity (Wildman–Crippen MR) is 156 cm³/mol. The number of nitrogens with zero attached hydrogens (tertiary/aromatic N) is 6. The van der Waals surface area contributed by atoms with Gasteiger partial charge in [0.15, 0.2) is 5.75 Å². The molecule has 0 saturated carbocycles. The fraction of sp³-hybridized carbons (Fsp3) is 0.448. The van der Waals surface area contributed by atoms with Crippen LogP contribution in [0.25, 0.3) is 11.3 Å². The van der Waals surface area contributed by atoms with Crippen LogP contribution in [0.5, 0.6) is 11.6 Å². The van der Waals surface area contributed by atoms with Gasteiger partial charge in [-0.2, -0.15) is 0 Å². The van der Waals surface area contributed by atoms with Crippen LogP contribution < -0.4 is 9.64 Å². The molecule has 2 saturated heterocycles. The number of likely N-dealkylation sites (N-methyl/N-ethyl adjacent to an activating group) is 1. The van der Waals surface area contributed by atoms with Gasteiger partial charge in [-0.1, -0.05) is 23.2 Å². The summed E-state index contributed by atoms with van der Waals surface area (Å²) in [5.74, 6) is 1.13. The van der Waals surface area contributed by atoms with E-state index in [-0.39, 0.29) is 12.3 Å². The van der Waals surface area contributed by atoms with E-state index in [0.29, 0.717) is 39.9 Å². The topological polar surface area (TPSA) is 94.9 Å². The molecule has 212 valence electrons. The molecule has 1 N–H and O–H groups in total. The number of hydrogen-bond acceptors (Lipinski definition) is 8. The smallest absolute Gasteiger partial charge is 0.303 e. The van der Waals surface area contributed by atoms with Crippen LogP contribution in [-0.2, 0) is 11.3 Å². The zero-order chi connectivity index (χ0) is 28.1. The maximum Gasteiger partial charge on any atom is 0.303 e. The van der Waals surface area contributed by atoms with Crippen molar-refractivity contribution in [3.8, 4) is 22.9 Å². The number of ether oxygens (including phenoxy) is 1. The molecule has 3 aromatic rings. The summed E-state index contributed by atoms with van der Waals surface area (Å²) >= 11 is 12.6. The first-order valence-electron chi connectivity index (χ1n) is 13.7. The molecule has 0 unspecified atom stereocenters. The van der Waals surface area contributed by atoms with E-state index in [1.54, 1.807) is 18.5 Å². The Balaban J connectivity index is 1.34. The fourth-order valence-electron chi connectivity index (χ4n) is 5.30. The van der Waals surface area contributed by atoms with Gasteiger partial charge in [0, 0.05) is 54.3 Å². The number of hydrogen-bond donors (Lipinski definition) is 1. The van der Waals surface area contributed by atoms with Gasteiger partial charge in [-0.05, 0) is 81.7 Å². The average Bonchev–Trinajstić information content (AvgIpc) is 3.14. The molecule has 40 heavy (non-hydrogen) atoms. The lowest BCUT2D eigenvalue weighted by molar-refractivity contribution is -0.138. The highest BCUT2D eigenvalue weighted by molar-refractivity contribution is 6.35. The van der Waals surface area contributed by atoms with E-state index in [1.807, 2.05) is 24.3 Å². The van der Waals surface area contributed by atoms with Gasteiger partial charge in [0.2, 0.25) is 11.8 Å². The number of carbonyl (C=O) groups is 1. The second kappa shape index (κ2) is 13.1. The highest BCUT2D eigenvalue weighted by Gasteiger charge is 2.22. The number of rotatable bonds is 8. The lowest BCUT2D eigenvalue weighted by Gasteiger charge is -2.31. The molecule has 2 aromatic heterocycles. The largest absolute Gasteiger partial charge is 0.481 e. The Bertz CT molecular complexity index is 1300. The Morgan fingerprint density at radius 1 is 0.975 bits per heavy atom. The number of halogens is 2. The van der Waals surface area contributed by atoms with Gasteiger partial charge in [0.25, 0.3) is 0 Å². The van der Waals surface area contributed by atoms with Crippen molar-refractivity contribution in [2.45, 2.75) is 32.2 Å². The summed E-state index contributed by atoms with van der Waals surface area (Å²) in [6, 6.07) is 9.30. The Labute approximate surface area is 244 Å². The Morgan fingerprint density at radius 3 is 2.40 bits per heavy atom. The molecule has 0 radical (unpaired) electrons. The second-order valence-corrected chi connectivity index (χ2v) is 11.5. The molecular formula is C29H34Cl2N6O3. The van der Waals surface area contributed by atoms with E-state index in [4.69, 9.17) is 38.0 Å². The summed E-state index contributed by atoms with van der Waals surface area (Å²) in [4.78, 5) is 31.9. The lowest BCUT2D eigenvalue weighted by atomic mass is 9.93. The number of carboxylic acid groups (broad SMARTS) is 1. The molecule has 0 amide bonds. The number of likely N-dealkylation sites (tertiary alicyclic amines) is 1. The van der Waals surface area contributed by atoms with Crippen molar-refractivity contribution in [2.24, 2.45) is 5.92 Å². The molecular weight excluding hydrogens is 551 g/mol. The fourth-order valence-corrected chi connectivity index (χ4v) is 5.82. The van der Waals surface area contributed by atoms with Crippen molar-refractivity contribution in [1.82, 2.24) is 24.8 Å². The summed E-state index contributed by atoms with van der Waals surface area (Å²) in [5, 5.41) is 10.2. The summed E-state index contributed by atoms with van der Waals surface area (Å²) in [6.45, 7) is 6.24. The van der Waals surface area contributed by atoms with Crippen molar-refractivity contribution in [1.29, 1.82) is 0 Å². The van der Waals surface area contributed by atoms with Crippen molar-refractivity contribution in [3.05, 3.63) is 58.3 Å². The van der Waals surface area contributed by atoms with Gasteiger partial charge in [-0.15, -0.1) is 0 Å². The van der Waals surface area contributed by atoms with Crippen LogP contribution in [0.15, 0.2) is 42.7 Å². The van der Waals surface area contributed by atoms with Crippen LogP contribution in [0.4, 0.5) is 5.95 Å². The molecule has 0 bridgehead atoms. The van der Waals surface area contributed by atoms with Gasteiger partial charge < -0.3 is 19.6 Å². The summed E-state index contributed by atoms with van der Waals surface area (Å²) in [5.41, 5.74) is 2.52. The van der Waals surface area contributed by atoms with Crippen LogP contribution in [0, 0.1) is 5.92 Å². The zero-order valence-corrected chi connectivity index (χ0v) is 24.1. The highest BCUT2D eigenvalue weighted by Crippen LogP contribution is 2.31. The van der Waals surface area contributed by atoms with Crippen molar-refractivity contribution in [2.75, 3.05) is 51.2 Å². The standard InChI is InChI=1S/C29H34Cl2N6O3/c1-35-5-2-6-37(10-9-35)29-32-17-25(18-33-29)40-27-12-21(19-36-7-3-20(4-8-36)13-28(38)39)11-26(34-27)22-14-23(30)16-24(31)15-22/h11-12,14-18,20H,2-10,13,19H2,1H3,(H,38,39). The van der Waals surface area contributed by atoms with E-state index in [9.17, 15) is 4.79 Å². The normalized spacial score (nSPS) is 17.5. The van der Waals surface area contributed by atoms with Crippen molar-refractivity contribution in [3.63, 3.8) is 0 Å². The Morgan fingerprint density at radius 2 is 1.70 bits per heavy atom. The van der Waals surface area contributed by atoms with Crippen LogP contribution in [0.1, 0.15) is 31.2 Å². The summed E-state index contributed by atoms with van der Waals surface area (Å²) < 4.78 is 6.16. The van der Waals surface area contributed by atoms with Gasteiger partial charge in [-0.25, -0.2) is 15.0 Å². The van der Waals surface area contributed by atoms with E-state index in [0.717, 1.165) is 69.7 Å². The first-order valence-corrected chi connectivity index (χ1v) is 14.4. The number of pyridine rings is 1. The number of aromatic nitrogens is 3. The Kier molecular flexibility index (Phi) is 9.36. The minimum Gasteiger partial charge on any atom is -0.481 e. The molecule has 2 aliphatic heterocycles. The quantitative estimate of drug-likeness (QED) is 0.370. The maximum absolute atomic E-state index is 11.1. The molecule has 2 fully saturated rings. The van der Waals surface area contributed by atoms with E-state index in [2.05, 4.69) is 31.7 Å². The van der Waals surface area contributed by atoms with Crippen LogP contribution in [-0.4, -0.2) is 82.1 Å². The minimum atomic E-state index is -0.727. The maximum atomic E-state index is 11.1. The van der Waals surface area contributed by atoms with Gasteiger partial charge >= 0.3 is 5.97 Å². The number of carboxylic acids is 1. The molecule has 9 nitrogen and oxygen atoms in total. The number of aliphatic carboxylic acids is 1.